The van der Waals surface area contributed by atoms with Crippen molar-refractivity contribution in [2.24, 2.45) is 0 Å². The number of hydrogen-bond donors (Lipinski definition) is 1. The number of rotatable bonds is 4. The number of carbonyl (C=O) groups is 1. The molecular formula is C17H22FN3O2. The lowest BCUT2D eigenvalue weighted by Crippen LogP contribution is -2.45. The second kappa shape index (κ2) is 6.86. The maximum absolute atomic E-state index is 13.3. The number of nitrogens with one attached hydrogen (secondary N) is 1. The Morgan fingerprint density at radius 3 is 2.91 bits per heavy atom. The zero-order valence-corrected chi connectivity index (χ0v) is 13.7. The molecule has 1 amide bonds. The summed E-state index contributed by atoms with van der Waals surface area (Å²) >= 11 is 0. The van der Waals surface area contributed by atoms with Gasteiger partial charge in [0.25, 0.3) is 0 Å². The normalized spacial score (nSPS) is 14.8. The number of hydrogen-bond acceptors (Lipinski definition) is 4. The van der Waals surface area contributed by atoms with Crippen molar-refractivity contribution in [1.82, 2.24) is 5.32 Å². The van der Waals surface area contributed by atoms with E-state index < -0.39 is 11.7 Å². The maximum atomic E-state index is 13.3. The molecule has 0 spiro atoms. The molecule has 1 N–H and O–H groups in total. The molecule has 124 valence electrons. The molecule has 5 nitrogen and oxygen atoms in total. The third-order valence-corrected chi connectivity index (χ3v) is 3.53. The molecular weight excluding hydrogens is 297 g/mol. The Hall–Kier alpha value is -2.29. The fraction of sp³-hybridized carbons (Fsp3) is 0.529. The molecule has 0 bridgehead atoms. The van der Waals surface area contributed by atoms with Crippen LogP contribution in [0.15, 0.2) is 18.2 Å². The number of halogens is 1. The minimum atomic E-state index is -0.584. The van der Waals surface area contributed by atoms with Gasteiger partial charge in [-0.15, -0.1) is 0 Å². The molecule has 1 aliphatic rings. The van der Waals surface area contributed by atoms with Crippen molar-refractivity contribution in [3.8, 4) is 6.07 Å². The number of carbonyl (C=O) groups excluding carboxylic acids is 1. The van der Waals surface area contributed by atoms with Crippen LogP contribution in [0, 0.1) is 17.1 Å². The summed E-state index contributed by atoms with van der Waals surface area (Å²) < 4.78 is 18.5. The zero-order chi connectivity index (χ0) is 17.0. The summed E-state index contributed by atoms with van der Waals surface area (Å²) in [5.41, 5.74) is 1.33. The van der Waals surface area contributed by atoms with Crippen LogP contribution < -0.4 is 10.2 Å². The number of benzene rings is 1. The molecule has 1 aromatic rings. The topological polar surface area (TPSA) is 65.4 Å². The van der Waals surface area contributed by atoms with Crippen LogP contribution in [0.3, 0.4) is 0 Å². The maximum Gasteiger partial charge on any atom is 0.407 e. The Morgan fingerprint density at radius 1 is 1.52 bits per heavy atom. The average Bonchev–Trinajstić information content (AvgIpc) is 2.79. The predicted octanol–water partition coefficient (Wildman–Crippen LogP) is 3.00. The number of amides is 1. The molecule has 6 heteroatoms. The van der Waals surface area contributed by atoms with E-state index in [-0.39, 0.29) is 18.3 Å². The Balaban J connectivity index is 2.01. The summed E-state index contributed by atoms with van der Waals surface area (Å²) in [6, 6.07) is 6.45. The average molecular weight is 319 g/mol. The van der Waals surface area contributed by atoms with Gasteiger partial charge in [0.2, 0.25) is 0 Å². The van der Waals surface area contributed by atoms with E-state index in [0.29, 0.717) is 6.54 Å². The fourth-order valence-corrected chi connectivity index (χ4v) is 2.64. The van der Waals surface area contributed by atoms with Crippen LogP contribution >= 0.6 is 0 Å². The summed E-state index contributed by atoms with van der Waals surface area (Å²) in [5, 5.41) is 11.7. The van der Waals surface area contributed by atoms with Gasteiger partial charge in [-0.25, -0.2) is 9.18 Å². The highest BCUT2D eigenvalue weighted by atomic mass is 19.1. The van der Waals surface area contributed by atoms with E-state index in [4.69, 9.17) is 10.00 Å². The molecule has 0 unspecified atom stereocenters. The predicted molar refractivity (Wildman–Crippen MR) is 85.7 cm³/mol. The molecule has 23 heavy (non-hydrogen) atoms. The molecule has 0 aromatic heterocycles. The van der Waals surface area contributed by atoms with Crippen molar-refractivity contribution in [3.63, 3.8) is 0 Å². The Labute approximate surface area is 136 Å². The summed E-state index contributed by atoms with van der Waals surface area (Å²) in [5.74, 6) is -0.244. The standard InChI is InChI=1S/C17H22FN3O2/c1-17(2,3)23-16(22)20-14(6-8-19)11-21-9-7-12-10-13(18)4-5-15(12)21/h4-5,10,14H,6-7,9,11H2,1-3H3,(H,20,22)/t14-/m0/s1. The van der Waals surface area contributed by atoms with E-state index in [1.54, 1.807) is 26.8 Å². The number of nitriles is 1. The lowest BCUT2D eigenvalue weighted by Gasteiger charge is -2.27. The molecule has 0 aliphatic carbocycles. The lowest BCUT2D eigenvalue weighted by molar-refractivity contribution is 0.0506. The minimum Gasteiger partial charge on any atom is -0.444 e. The minimum absolute atomic E-state index is 0.187. The van der Waals surface area contributed by atoms with Gasteiger partial charge in [-0.2, -0.15) is 5.26 Å². The van der Waals surface area contributed by atoms with Gasteiger partial charge < -0.3 is 15.0 Å². The Kier molecular flexibility index (Phi) is 5.09. The molecule has 1 aliphatic heterocycles. The molecule has 0 saturated carbocycles. The van der Waals surface area contributed by atoms with Crippen molar-refractivity contribution in [2.45, 2.75) is 45.3 Å². The van der Waals surface area contributed by atoms with Gasteiger partial charge in [0.05, 0.1) is 18.5 Å². The van der Waals surface area contributed by atoms with Crippen molar-refractivity contribution < 1.29 is 13.9 Å². The van der Waals surface area contributed by atoms with Gasteiger partial charge in [-0.1, -0.05) is 0 Å². The number of anilines is 1. The van der Waals surface area contributed by atoms with Crippen molar-refractivity contribution in [3.05, 3.63) is 29.6 Å². The second-order valence-corrected chi connectivity index (χ2v) is 6.67. The van der Waals surface area contributed by atoms with Crippen LogP contribution in [-0.2, 0) is 11.2 Å². The highest BCUT2D eigenvalue weighted by molar-refractivity contribution is 5.68. The van der Waals surface area contributed by atoms with Crippen molar-refractivity contribution >= 4 is 11.8 Å². The third-order valence-electron chi connectivity index (χ3n) is 3.53. The van der Waals surface area contributed by atoms with Gasteiger partial charge in [0.1, 0.15) is 11.4 Å². The first-order valence-corrected chi connectivity index (χ1v) is 7.68. The molecule has 1 aromatic carbocycles. The quantitative estimate of drug-likeness (QED) is 0.926. The van der Waals surface area contributed by atoms with E-state index in [1.807, 2.05) is 0 Å². The van der Waals surface area contributed by atoms with Crippen LogP contribution in [0.1, 0.15) is 32.8 Å². The van der Waals surface area contributed by atoms with Crippen molar-refractivity contribution in [1.29, 1.82) is 5.26 Å². The van der Waals surface area contributed by atoms with Crippen LogP contribution in [0.5, 0.6) is 0 Å². The van der Waals surface area contributed by atoms with Crippen LogP contribution in [0.25, 0.3) is 0 Å². The van der Waals surface area contributed by atoms with Crippen LogP contribution in [-0.4, -0.2) is 30.8 Å². The summed E-state index contributed by atoms with van der Waals surface area (Å²) in [4.78, 5) is 14.0. The second-order valence-electron chi connectivity index (χ2n) is 6.67. The largest absolute Gasteiger partial charge is 0.444 e. The number of fused-ring (bicyclic) bond motifs is 1. The highest BCUT2D eigenvalue weighted by Gasteiger charge is 2.25. The monoisotopic (exact) mass is 319 g/mol. The molecule has 1 heterocycles. The van der Waals surface area contributed by atoms with Gasteiger partial charge in [0, 0.05) is 18.8 Å². The van der Waals surface area contributed by atoms with E-state index in [2.05, 4.69) is 16.3 Å². The SMILES string of the molecule is CC(C)(C)OC(=O)N[C@@H](CC#N)CN1CCc2cc(F)ccc21. The molecule has 0 saturated heterocycles. The first-order valence-electron chi connectivity index (χ1n) is 7.68. The summed E-state index contributed by atoms with van der Waals surface area (Å²) in [6.07, 6.45) is 0.418. The lowest BCUT2D eigenvalue weighted by atomic mass is 10.1. The van der Waals surface area contributed by atoms with Gasteiger partial charge in [0.15, 0.2) is 0 Å². The first kappa shape index (κ1) is 17.1. The molecule has 0 fully saturated rings. The van der Waals surface area contributed by atoms with Gasteiger partial charge in [-0.05, 0) is 51.0 Å². The molecule has 1 atom stereocenters. The van der Waals surface area contributed by atoms with Gasteiger partial charge in [-0.3, -0.25) is 0 Å². The summed E-state index contributed by atoms with van der Waals surface area (Å²) in [6.45, 7) is 6.60. The number of ether oxygens (including phenoxy) is 1. The van der Waals surface area contributed by atoms with Gasteiger partial charge >= 0.3 is 6.09 Å². The first-order chi connectivity index (χ1) is 10.8. The highest BCUT2D eigenvalue weighted by Crippen LogP contribution is 2.28. The third kappa shape index (κ3) is 4.85. The summed E-state index contributed by atoms with van der Waals surface area (Å²) in [7, 11) is 0. The molecule has 0 radical (unpaired) electrons. The zero-order valence-electron chi connectivity index (χ0n) is 13.7. The van der Waals surface area contributed by atoms with E-state index in [1.165, 1.54) is 12.1 Å². The Morgan fingerprint density at radius 2 is 2.26 bits per heavy atom. The smallest absolute Gasteiger partial charge is 0.407 e. The van der Waals surface area contributed by atoms with E-state index in [9.17, 15) is 9.18 Å². The van der Waals surface area contributed by atoms with Crippen molar-refractivity contribution in [2.75, 3.05) is 18.0 Å². The van der Waals surface area contributed by atoms with Crippen LogP contribution in [0.4, 0.5) is 14.9 Å². The number of nitrogens with zero attached hydrogens (tertiary/aromatic N) is 2. The fourth-order valence-electron chi connectivity index (χ4n) is 2.64. The van der Waals surface area contributed by atoms with E-state index >= 15 is 0 Å². The van der Waals surface area contributed by atoms with Crippen LogP contribution in [0.2, 0.25) is 0 Å². The van der Waals surface area contributed by atoms with E-state index in [0.717, 1.165) is 24.2 Å². The molecule has 2 rings (SSSR count). The number of alkyl carbamates (subject to hydrolysis) is 1. The Bertz CT molecular complexity index is 619.